The molecule has 3 aromatic rings. The normalized spacial score (nSPS) is 12.9. The Bertz CT molecular complexity index is 971. The van der Waals surface area contributed by atoms with E-state index >= 15 is 0 Å². The van der Waals surface area contributed by atoms with Gasteiger partial charge < -0.3 is 19.4 Å². The van der Waals surface area contributed by atoms with Gasteiger partial charge in [-0.05, 0) is 6.92 Å². The van der Waals surface area contributed by atoms with E-state index in [1.807, 2.05) is 23.6 Å². The maximum Gasteiger partial charge on any atom is 0.236 e. The Hall–Kier alpha value is -2.59. The summed E-state index contributed by atoms with van der Waals surface area (Å²) < 4.78 is 14.0. The number of nitrogens with zero attached hydrogens (tertiary/aromatic N) is 4. The van der Waals surface area contributed by atoms with Crippen molar-refractivity contribution in [2.24, 2.45) is 0 Å². The largest absolute Gasteiger partial charge is 0.486 e. The van der Waals surface area contributed by atoms with E-state index in [0.29, 0.717) is 41.5 Å². The second-order valence-electron chi connectivity index (χ2n) is 5.75. The van der Waals surface area contributed by atoms with E-state index < -0.39 is 0 Å². The average molecular weight is 403 g/mol. The molecule has 0 fully saturated rings. The minimum atomic E-state index is -0.151. The van der Waals surface area contributed by atoms with Crippen molar-refractivity contribution in [2.45, 2.75) is 18.6 Å². The zero-order valence-electron chi connectivity index (χ0n) is 14.6. The van der Waals surface area contributed by atoms with Crippen LogP contribution in [0.2, 0.25) is 0 Å². The number of carbonyl (C=O) groups excluding carboxylic acids is 1. The standard InChI is InChI=1S/C17H17N5O3S2/c1-3-4-22-10(2)20-21-17(22)26-9-15(23)19-16-18-11-7-12-13(8-14(11)27-16)25-6-5-24-12/h3,7-8H,1,4-6,9H2,2H3,(H,18,19,23). The Morgan fingerprint density at radius 3 is 2.93 bits per heavy atom. The zero-order chi connectivity index (χ0) is 18.8. The first-order valence-electron chi connectivity index (χ1n) is 8.27. The van der Waals surface area contributed by atoms with Gasteiger partial charge in [-0.2, -0.15) is 0 Å². The summed E-state index contributed by atoms with van der Waals surface area (Å²) in [6, 6.07) is 3.73. The summed E-state index contributed by atoms with van der Waals surface area (Å²) in [6.45, 7) is 7.27. The molecule has 8 nitrogen and oxygen atoms in total. The molecule has 0 bridgehead atoms. The van der Waals surface area contributed by atoms with Crippen LogP contribution in [-0.4, -0.2) is 44.6 Å². The molecule has 1 aliphatic heterocycles. The highest BCUT2D eigenvalue weighted by atomic mass is 32.2. The summed E-state index contributed by atoms with van der Waals surface area (Å²) in [4.78, 5) is 16.8. The van der Waals surface area contributed by atoms with E-state index in [-0.39, 0.29) is 11.7 Å². The van der Waals surface area contributed by atoms with Gasteiger partial charge in [-0.15, -0.1) is 16.8 Å². The molecule has 1 aromatic carbocycles. The molecular weight excluding hydrogens is 386 g/mol. The maximum absolute atomic E-state index is 12.3. The van der Waals surface area contributed by atoms with Gasteiger partial charge in [-0.1, -0.05) is 29.2 Å². The maximum atomic E-state index is 12.3. The van der Waals surface area contributed by atoms with Gasteiger partial charge in [0.15, 0.2) is 21.8 Å². The van der Waals surface area contributed by atoms with Crippen LogP contribution in [-0.2, 0) is 11.3 Å². The van der Waals surface area contributed by atoms with Gasteiger partial charge in [0.1, 0.15) is 19.0 Å². The molecule has 10 heteroatoms. The molecule has 0 spiro atoms. The van der Waals surface area contributed by atoms with Crippen molar-refractivity contribution in [3.05, 3.63) is 30.6 Å². The number of carbonyl (C=O) groups is 1. The summed E-state index contributed by atoms with van der Waals surface area (Å²) >= 11 is 2.73. The van der Waals surface area contributed by atoms with Crippen LogP contribution in [0.3, 0.4) is 0 Å². The Balaban J connectivity index is 1.43. The molecule has 2 aromatic heterocycles. The quantitative estimate of drug-likeness (QED) is 0.500. The number of thioether (sulfide) groups is 1. The molecule has 1 N–H and O–H groups in total. The van der Waals surface area contributed by atoms with Gasteiger partial charge >= 0.3 is 0 Å². The molecule has 3 heterocycles. The monoisotopic (exact) mass is 403 g/mol. The first-order chi connectivity index (χ1) is 13.1. The van der Waals surface area contributed by atoms with Crippen molar-refractivity contribution in [3.8, 4) is 11.5 Å². The predicted octanol–water partition coefficient (Wildman–Crippen LogP) is 2.88. The van der Waals surface area contributed by atoms with Crippen molar-refractivity contribution in [1.82, 2.24) is 19.7 Å². The Morgan fingerprint density at radius 1 is 1.37 bits per heavy atom. The van der Waals surface area contributed by atoms with Gasteiger partial charge in [-0.25, -0.2) is 4.98 Å². The summed E-state index contributed by atoms with van der Waals surface area (Å²) in [5.74, 6) is 2.25. The van der Waals surface area contributed by atoms with Gasteiger partial charge in [0, 0.05) is 18.7 Å². The fourth-order valence-corrected chi connectivity index (χ4v) is 4.30. The molecule has 0 atom stereocenters. The smallest absolute Gasteiger partial charge is 0.236 e. The van der Waals surface area contributed by atoms with E-state index in [9.17, 15) is 4.79 Å². The van der Waals surface area contributed by atoms with Gasteiger partial charge in [-0.3, -0.25) is 4.79 Å². The lowest BCUT2D eigenvalue weighted by molar-refractivity contribution is -0.113. The third kappa shape index (κ3) is 3.76. The topological polar surface area (TPSA) is 91.2 Å². The molecule has 0 radical (unpaired) electrons. The van der Waals surface area contributed by atoms with Crippen molar-refractivity contribution < 1.29 is 14.3 Å². The number of rotatable bonds is 6. The van der Waals surface area contributed by atoms with Crippen LogP contribution in [0.25, 0.3) is 10.2 Å². The van der Waals surface area contributed by atoms with E-state index in [1.165, 1.54) is 23.1 Å². The number of hydrogen-bond acceptors (Lipinski definition) is 8. The second-order valence-corrected chi connectivity index (χ2v) is 7.72. The summed E-state index contributed by atoms with van der Waals surface area (Å²) in [5.41, 5.74) is 0.772. The Labute approximate surface area is 163 Å². The number of anilines is 1. The van der Waals surface area contributed by atoms with Crippen molar-refractivity contribution in [2.75, 3.05) is 24.3 Å². The Morgan fingerprint density at radius 2 is 2.15 bits per heavy atom. The lowest BCUT2D eigenvalue weighted by Crippen LogP contribution is -2.15. The number of nitrogens with one attached hydrogen (secondary N) is 1. The first-order valence-corrected chi connectivity index (χ1v) is 10.1. The number of amides is 1. The average Bonchev–Trinajstić information content (AvgIpc) is 3.21. The van der Waals surface area contributed by atoms with Crippen LogP contribution in [0.15, 0.2) is 29.9 Å². The number of fused-ring (bicyclic) bond motifs is 2. The molecule has 1 aliphatic rings. The van der Waals surface area contributed by atoms with Crippen LogP contribution in [0.4, 0.5) is 5.13 Å². The lowest BCUT2D eigenvalue weighted by atomic mass is 10.3. The van der Waals surface area contributed by atoms with E-state index in [4.69, 9.17) is 9.47 Å². The number of aromatic nitrogens is 4. The third-order valence-electron chi connectivity index (χ3n) is 3.84. The number of aryl methyl sites for hydroxylation is 1. The summed E-state index contributed by atoms with van der Waals surface area (Å²) in [6.07, 6.45) is 1.77. The fourth-order valence-electron chi connectivity index (χ4n) is 2.61. The van der Waals surface area contributed by atoms with Crippen molar-refractivity contribution >= 4 is 44.4 Å². The van der Waals surface area contributed by atoms with Gasteiger partial charge in [0.05, 0.1) is 16.0 Å². The molecule has 0 saturated carbocycles. The highest BCUT2D eigenvalue weighted by Gasteiger charge is 2.16. The molecule has 0 unspecified atom stereocenters. The van der Waals surface area contributed by atoms with Gasteiger partial charge in [0.2, 0.25) is 5.91 Å². The second kappa shape index (κ2) is 7.57. The highest BCUT2D eigenvalue weighted by Crippen LogP contribution is 2.37. The number of thiazole rings is 1. The molecule has 0 saturated heterocycles. The van der Waals surface area contributed by atoms with E-state index in [2.05, 4.69) is 27.1 Å². The van der Waals surface area contributed by atoms with E-state index in [1.54, 1.807) is 6.08 Å². The van der Waals surface area contributed by atoms with Crippen LogP contribution in [0.5, 0.6) is 11.5 Å². The molecule has 1 amide bonds. The molecule has 4 rings (SSSR count). The predicted molar refractivity (Wildman–Crippen MR) is 105 cm³/mol. The van der Waals surface area contributed by atoms with Crippen LogP contribution in [0.1, 0.15) is 5.82 Å². The van der Waals surface area contributed by atoms with E-state index in [0.717, 1.165) is 16.0 Å². The van der Waals surface area contributed by atoms with Gasteiger partial charge in [0.25, 0.3) is 0 Å². The summed E-state index contributed by atoms with van der Waals surface area (Å²) in [7, 11) is 0. The lowest BCUT2D eigenvalue weighted by Gasteiger charge is -2.17. The fraction of sp³-hybridized carbons (Fsp3) is 0.294. The first kappa shape index (κ1) is 17.8. The van der Waals surface area contributed by atoms with Crippen LogP contribution < -0.4 is 14.8 Å². The van der Waals surface area contributed by atoms with Crippen LogP contribution >= 0.6 is 23.1 Å². The Kier molecular flexibility index (Phi) is 4.99. The number of hydrogen-bond donors (Lipinski definition) is 1. The molecular formula is C17H17N5O3S2. The number of ether oxygens (including phenoxy) is 2. The van der Waals surface area contributed by atoms with Crippen LogP contribution in [0, 0.1) is 6.92 Å². The zero-order valence-corrected chi connectivity index (χ0v) is 16.2. The minimum absolute atomic E-state index is 0.151. The number of allylic oxidation sites excluding steroid dienone is 1. The molecule has 0 aliphatic carbocycles. The number of benzene rings is 1. The van der Waals surface area contributed by atoms with Crippen molar-refractivity contribution in [3.63, 3.8) is 0 Å². The minimum Gasteiger partial charge on any atom is -0.486 e. The SMILES string of the molecule is C=CCn1c(C)nnc1SCC(=O)Nc1nc2cc3c(cc2s1)OCCO3. The van der Waals surface area contributed by atoms with Crippen molar-refractivity contribution in [1.29, 1.82) is 0 Å². The third-order valence-corrected chi connectivity index (χ3v) is 5.74. The molecule has 27 heavy (non-hydrogen) atoms. The highest BCUT2D eigenvalue weighted by molar-refractivity contribution is 7.99. The molecule has 140 valence electrons. The summed E-state index contributed by atoms with van der Waals surface area (Å²) in [5, 5.41) is 12.2.